The molecule has 14 heavy (non-hydrogen) atoms. The Kier molecular flexibility index (Phi) is 2.52. The van der Waals surface area contributed by atoms with Gasteiger partial charge in [0.25, 0.3) is 0 Å². The van der Waals surface area contributed by atoms with Crippen molar-refractivity contribution in [1.29, 1.82) is 0 Å². The molecule has 74 valence electrons. The zero-order chi connectivity index (χ0) is 10.3. The Morgan fingerprint density at radius 1 is 1.29 bits per heavy atom. The molecule has 1 heteroatoms. The number of hydrogen-bond acceptors (Lipinski definition) is 0. The average molecular weight is 251 g/mol. The van der Waals surface area contributed by atoms with E-state index in [0.29, 0.717) is 10.7 Å². The second kappa shape index (κ2) is 3.54. The van der Waals surface area contributed by atoms with Gasteiger partial charge in [-0.25, -0.2) is 0 Å². The number of hydrogen-bond donors (Lipinski definition) is 0. The summed E-state index contributed by atoms with van der Waals surface area (Å²) < 4.78 is 0. The van der Waals surface area contributed by atoms with E-state index >= 15 is 0 Å². The Morgan fingerprint density at radius 2 is 2.00 bits per heavy atom. The Balaban J connectivity index is 2.46. The third-order valence-electron chi connectivity index (χ3n) is 2.83. The normalized spacial score (nSPS) is 19.8. The lowest BCUT2D eigenvalue weighted by molar-refractivity contribution is 0.863. The molecule has 0 amide bonds. The molecule has 0 heterocycles. The van der Waals surface area contributed by atoms with Crippen molar-refractivity contribution in [3.8, 4) is 0 Å². The highest BCUT2D eigenvalue weighted by atomic mass is 79.9. The van der Waals surface area contributed by atoms with Gasteiger partial charge in [0.2, 0.25) is 0 Å². The molecule has 1 unspecified atom stereocenters. The van der Waals surface area contributed by atoms with Crippen LogP contribution in [0.1, 0.15) is 48.2 Å². The monoisotopic (exact) mass is 250 g/mol. The second-order valence-corrected chi connectivity index (χ2v) is 5.21. The van der Waals surface area contributed by atoms with Crippen LogP contribution in [-0.2, 0) is 0 Å². The van der Waals surface area contributed by atoms with Crippen LogP contribution in [0, 0.1) is 0 Å². The lowest BCUT2D eigenvalue weighted by Crippen LogP contribution is -1.92. The third-order valence-corrected chi connectivity index (χ3v) is 4.05. The summed E-state index contributed by atoms with van der Waals surface area (Å²) in [6, 6.07) is 6.79. The van der Waals surface area contributed by atoms with E-state index in [9.17, 15) is 0 Å². The van der Waals surface area contributed by atoms with Crippen molar-refractivity contribution in [2.24, 2.45) is 0 Å². The number of rotatable bonds is 1. The molecule has 0 nitrogen and oxygen atoms in total. The van der Waals surface area contributed by atoms with Crippen molar-refractivity contribution in [2.45, 2.75) is 31.5 Å². The van der Waals surface area contributed by atoms with Crippen LogP contribution in [-0.4, -0.2) is 0 Å². The molecule has 0 N–H and O–H groups in total. The first-order chi connectivity index (χ1) is 6.59. The van der Waals surface area contributed by atoms with Gasteiger partial charge in [0.05, 0.1) is 4.83 Å². The molecule has 0 saturated carbocycles. The molecule has 0 saturated heterocycles. The van der Waals surface area contributed by atoms with Crippen molar-refractivity contribution in [3.63, 3.8) is 0 Å². The summed E-state index contributed by atoms with van der Waals surface area (Å²) in [6.45, 7) is 6.65. The molecule has 0 spiro atoms. The standard InChI is InChI=1S/C13H15Br/c1-8(2)10-4-5-11-6-9(3)13(14)12(11)7-10/h4-8,13H,1-3H3. The smallest absolute Gasteiger partial charge is 0.0611 e. The van der Waals surface area contributed by atoms with Gasteiger partial charge in [-0.1, -0.05) is 59.6 Å². The van der Waals surface area contributed by atoms with Gasteiger partial charge in [-0.05, 0) is 29.5 Å². The maximum absolute atomic E-state index is 3.72. The Labute approximate surface area is 94.2 Å². The Hall–Kier alpha value is -0.560. The minimum atomic E-state index is 0.427. The zero-order valence-corrected chi connectivity index (χ0v) is 10.4. The Morgan fingerprint density at radius 3 is 2.64 bits per heavy atom. The number of alkyl halides is 1. The van der Waals surface area contributed by atoms with E-state index in [1.54, 1.807) is 0 Å². The van der Waals surface area contributed by atoms with Crippen LogP contribution in [0.3, 0.4) is 0 Å². The van der Waals surface area contributed by atoms with Crippen molar-refractivity contribution < 1.29 is 0 Å². The molecule has 0 aliphatic heterocycles. The predicted octanol–water partition coefficient (Wildman–Crippen LogP) is 4.66. The summed E-state index contributed by atoms with van der Waals surface area (Å²) in [6.07, 6.45) is 2.26. The molecule has 0 bridgehead atoms. The van der Waals surface area contributed by atoms with Crippen LogP contribution in [0.4, 0.5) is 0 Å². The fourth-order valence-corrected chi connectivity index (χ4v) is 2.40. The maximum atomic E-state index is 3.72. The largest absolute Gasteiger partial charge is 0.0790 e. The number of halogens is 1. The van der Waals surface area contributed by atoms with E-state index < -0.39 is 0 Å². The third kappa shape index (κ3) is 1.54. The van der Waals surface area contributed by atoms with E-state index in [1.807, 2.05) is 0 Å². The fraction of sp³-hybridized carbons (Fsp3) is 0.385. The van der Waals surface area contributed by atoms with E-state index in [1.165, 1.54) is 22.3 Å². The van der Waals surface area contributed by atoms with Crippen LogP contribution in [0.2, 0.25) is 0 Å². The summed E-state index contributed by atoms with van der Waals surface area (Å²) in [5.41, 5.74) is 5.62. The van der Waals surface area contributed by atoms with Crippen LogP contribution in [0.15, 0.2) is 23.8 Å². The van der Waals surface area contributed by atoms with E-state index in [4.69, 9.17) is 0 Å². The summed E-state index contributed by atoms with van der Waals surface area (Å²) in [4.78, 5) is 0.427. The minimum absolute atomic E-state index is 0.427. The predicted molar refractivity (Wildman–Crippen MR) is 65.9 cm³/mol. The molecule has 0 fully saturated rings. The Bertz CT molecular complexity index is 388. The van der Waals surface area contributed by atoms with Gasteiger partial charge < -0.3 is 0 Å². The van der Waals surface area contributed by atoms with Crippen LogP contribution < -0.4 is 0 Å². The first kappa shape index (κ1) is 9.97. The maximum Gasteiger partial charge on any atom is 0.0611 e. The molecule has 1 atom stereocenters. The van der Waals surface area contributed by atoms with Crippen molar-refractivity contribution in [3.05, 3.63) is 40.5 Å². The summed E-state index contributed by atoms with van der Waals surface area (Å²) in [5.74, 6) is 0.612. The highest BCUT2D eigenvalue weighted by Gasteiger charge is 2.20. The van der Waals surface area contributed by atoms with Crippen molar-refractivity contribution >= 4 is 22.0 Å². The number of allylic oxidation sites excluding steroid dienone is 1. The van der Waals surface area contributed by atoms with E-state index in [2.05, 4.69) is 61.0 Å². The molecule has 0 radical (unpaired) electrons. The zero-order valence-electron chi connectivity index (χ0n) is 8.84. The summed E-state index contributed by atoms with van der Waals surface area (Å²) in [7, 11) is 0. The first-order valence-corrected chi connectivity index (χ1v) is 5.97. The highest BCUT2D eigenvalue weighted by molar-refractivity contribution is 9.09. The number of benzene rings is 1. The van der Waals surface area contributed by atoms with Gasteiger partial charge in [-0.3, -0.25) is 0 Å². The van der Waals surface area contributed by atoms with Crippen LogP contribution in [0.5, 0.6) is 0 Å². The highest BCUT2D eigenvalue weighted by Crippen LogP contribution is 2.41. The first-order valence-electron chi connectivity index (χ1n) is 5.05. The average Bonchev–Trinajstić information content (AvgIpc) is 2.43. The van der Waals surface area contributed by atoms with Gasteiger partial charge in [0, 0.05) is 0 Å². The molecule has 1 aromatic carbocycles. The second-order valence-electron chi connectivity index (χ2n) is 4.29. The van der Waals surface area contributed by atoms with E-state index in [-0.39, 0.29) is 0 Å². The van der Waals surface area contributed by atoms with E-state index in [0.717, 1.165) is 0 Å². The van der Waals surface area contributed by atoms with Crippen molar-refractivity contribution in [2.75, 3.05) is 0 Å². The van der Waals surface area contributed by atoms with Crippen LogP contribution >= 0.6 is 15.9 Å². The lowest BCUT2D eigenvalue weighted by Gasteiger charge is -2.10. The molecule has 0 aromatic heterocycles. The van der Waals surface area contributed by atoms with Gasteiger partial charge in [0.15, 0.2) is 0 Å². The molecule has 1 aliphatic carbocycles. The van der Waals surface area contributed by atoms with Crippen LogP contribution in [0.25, 0.3) is 6.08 Å². The topological polar surface area (TPSA) is 0 Å². The molecule has 1 aliphatic rings. The molecule has 1 aromatic rings. The fourth-order valence-electron chi connectivity index (χ4n) is 1.87. The van der Waals surface area contributed by atoms with Gasteiger partial charge in [-0.2, -0.15) is 0 Å². The van der Waals surface area contributed by atoms with Gasteiger partial charge in [0.1, 0.15) is 0 Å². The summed E-state index contributed by atoms with van der Waals surface area (Å²) >= 11 is 3.72. The summed E-state index contributed by atoms with van der Waals surface area (Å²) in [5, 5.41) is 0. The van der Waals surface area contributed by atoms with Crippen molar-refractivity contribution in [1.82, 2.24) is 0 Å². The molecule has 2 rings (SSSR count). The van der Waals surface area contributed by atoms with Gasteiger partial charge in [-0.15, -0.1) is 0 Å². The quantitative estimate of drug-likeness (QED) is 0.636. The lowest BCUT2D eigenvalue weighted by atomic mass is 9.98. The molecular weight excluding hydrogens is 236 g/mol. The van der Waals surface area contributed by atoms with Gasteiger partial charge >= 0.3 is 0 Å². The number of fused-ring (bicyclic) bond motifs is 1. The molecular formula is C13H15Br. The minimum Gasteiger partial charge on any atom is -0.0790 e. The SMILES string of the molecule is CC1=Cc2ccc(C(C)C)cc2C1Br.